The lowest BCUT2D eigenvalue weighted by atomic mass is 10.1. The van der Waals surface area contributed by atoms with Gasteiger partial charge in [0.2, 0.25) is 0 Å². The van der Waals surface area contributed by atoms with Gasteiger partial charge in [0.1, 0.15) is 0 Å². The molecule has 0 N–H and O–H groups in total. The molecule has 8 heteroatoms. The Labute approximate surface area is 236 Å². The third-order valence-corrected chi connectivity index (χ3v) is 9.23. The number of benzene rings is 4. The molecule has 40 heavy (non-hydrogen) atoms. The average molecular weight is 565 g/mol. The number of anilines is 2. The summed E-state index contributed by atoms with van der Waals surface area (Å²) in [5.74, 6) is 5.91. The quantitative estimate of drug-likeness (QED) is 0.236. The molecule has 4 rings (SSSR count). The minimum absolute atomic E-state index is 0.0372. The minimum atomic E-state index is -4.09. The number of nitrogens with zero attached hydrogens (tertiary/aromatic N) is 2. The Morgan fingerprint density at radius 1 is 0.525 bits per heavy atom. The Morgan fingerprint density at radius 2 is 0.850 bits per heavy atom. The van der Waals surface area contributed by atoms with Gasteiger partial charge < -0.3 is 0 Å². The van der Waals surface area contributed by atoms with Crippen LogP contribution in [0.2, 0.25) is 0 Å². The van der Waals surface area contributed by atoms with E-state index in [4.69, 9.17) is 12.8 Å². The lowest BCUT2D eigenvalue weighted by Gasteiger charge is -2.20. The maximum Gasteiger partial charge on any atom is 0.275 e. The van der Waals surface area contributed by atoms with Crippen LogP contribution in [-0.4, -0.2) is 16.8 Å². The van der Waals surface area contributed by atoms with Crippen LogP contribution in [0.3, 0.4) is 0 Å². The summed E-state index contributed by atoms with van der Waals surface area (Å²) in [6.45, 7) is 3.71. The summed E-state index contributed by atoms with van der Waals surface area (Å²) in [5.41, 5.74) is 2.80. The van der Waals surface area contributed by atoms with Crippen LogP contribution in [0.1, 0.15) is 22.3 Å². The van der Waals surface area contributed by atoms with Gasteiger partial charge in [-0.2, -0.15) is 8.61 Å². The molecule has 4 aromatic carbocycles. The van der Waals surface area contributed by atoms with E-state index in [0.717, 1.165) is 19.7 Å². The highest BCUT2D eigenvalue weighted by molar-refractivity contribution is 7.93. The van der Waals surface area contributed by atoms with Gasteiger partial charge in [0.15, 0.2) is 0 Å². The minimum Gasteiger partial charge on any atom is -0.200 e. The predicted molar refractivity (Wildman–Crippen MR) is 158 cm³/mol. The number of sulfonamides is 2. The van der Waals surface area contributed by atoms with E-state index >= 15 is 0 Å². The van der Waals surface area contributed by atoms with Crippen molar-refractivity contribution in [1.82, 2.24) is 0 Å². The second-order valence-electron chi connectivity index (χ2n) is 8.71. The van der Waals surface area contributed by atoms with Crippen molar-refractivity contribution in [3.8, 4) is 36.8 Å². The molecule has 0 saturated heterocycles. The van der Waals surface area contributed by atoms with Crippen molar-refractivity contribution in [3.05, 3.63) is 119 Å². The van der Waals surface area contributed by atoms with E-state index in [1.54, 1.807) is 72.8 Å². The molecule has 0 atom stereocenters. The lowest BCUT2D eigenvalue weighted by Crippen LogP contribution is -2.27. The first-order chi connectivity index (χ1) is 19.1. The smallest absolute Gasteiger partial charge is 0.200 e. The van der Waals surface area contributed by atoms with Crippen molar-refractivity contribution in [2.24, 2.45) is 0 Å². The fourth-order valence-electron chi connectivity index (χ4n) is 3.82. The number of aryl methyl sites for hydroxylation is 2. The normalized spacial score (nSPS) is 10.9. The van der Waals surface area contributed by atoms with E-state index in [1.807, 2.05) is 13.8 Å². The van der Waals surface area contributed by atoms with Gasteiger partial charge in [0.25, 0.3) is 20.0 Å². The van der Waals surface area contributed by atoms with Crippen molar-refractivity contribution < 1.29 is 16.8 Å². The molecule has 0 fully saturated rings. The molecule has 0 unspecified atom stereocenters. The van der Waals surface area contributed by atoms with Gasteiger partial charge in [-0.25, -0.2) is 16.8 Å². The van der Waals surface area contributed by atoms with E-state index < -0.39 is 20.0 Å². The van der Waals surface area contributed by atoms with Gasteiger partial charge in [0.05, 0.1) is 32.3 Å². The van der Waals surface area contributed by atoms with Gasteiger partial charge in [-0.1, -0.05) is 84.3 Å². The molecule has 198 valence electrons. The zero-order valence-corrected chi connectivity index (χ0v) is 23.4. The average Bonchev–Trinajstić information content (AvgIpc) is 2.94. The Balaban J connectivity index is 1.78. The maximum absolute atomic E-state index is 13.4. The predicted octanol–water partition coefficient (Wildman–Crippen LogP) is 5.28. The van der Waals surface area contributed by atoms with E-state index in [1.165, 1.54) is 24.3 Å². The maximum atomic E-state index is 13.4. The monoisotopic (exact) mass is 564 g/mol. The molecule has 0 radical (unpaired) electrons. The second-order valence-corrected chi connectivity index (χ2v) is 12.3. The number of rotatable bonds is 6. The van der Waals surface area contributed by atoms with Crippen LogP contribution in [0.15, 0.2) is 107 Å². The first-order valence-corrected chi connectivity index (χ1v) is 14.8. The summed E-state index contributed by atoms with van der Waals surface area (Å²) < 4.78 is 55.2. The van der Waals surface area contributed by atoms with Crippen LogP contribution in [-0.2, 0) is 20.0 Å². The molecule has 0 aliphatic rings. The first-order valence-electron chi connectivity index (χ1n) is 12.0. The molecule has 0 amide bonds. The van der Waals surface area contributed by atoms with Crippen LogP contribution in [0.5, 0.6) is 0 Å². The topological polar surface area (TPSA) is 74.8 Å². The van der Waals surface area contributed by atoms with E-state index in [2.05, 4.69) is 23.9 Å². The van der Waals surface area contributed by atoms with Crippen LogP contribution in [0.25, 0.3) is 0 Å². The standard InChI is InChI=1S/C32H24N2O4S2/c1-5-33(39(35,36)29-21-15-25(3)16-22-29)31-13-9-7-11-27(31)19-20-28-12-8-10-14-32(28)34(6-2)40(37,38)30-23-17-26(4)18-24-30/h1-2,7-18,21-24H,3-4H3. The molecule has 0 aliphatic heterocycles. The van der Waals surface area contributed by atoms with Crippen molar-refractivity contribution in [2.75, 3.05) is 8.61 Å². The van der Waals surface area contributed by atoms with E-state index in [0.29, 0.717) is 11.1 Å². The molecule has 0 saturated carbocycles. The highest BCUT2D eigenvalue weighted by atomic mass is 32.2. The van der Waals surface area contributed by atoms with Crippen molar-refractivity contribution in [1.29, 1.82) is 0 Å². The Bertz CT molecular complexity index is 1780. The molecule has 4 aromatic rings. The van der Waals surface area contributed by atoms with Crippen molar-refractivity contribution in [3.63, 3.8) is 0 Å². The van der Waals surface area contributed by atoms with Crippen LogP contribution >= 0.6 is 0 Å². The largest absolute Gasteiger partial charge is 0.275 e. The fraction of sp³-hybridized carbons (Fsp3) is 0.0625. The number of para-hydroxylation sites is 2. The third-order valence-electron chi connectivity index (χ3n) is 5.93. The van der Waals surface area contributed by atoms with Gasteiger partial charge in [0, 0.05) is 12.1 Å². The highest BCUT2D eigenvalue weighted by Crippen LogP contribution is 2.28. The van der Waals surface area contributed by atoms with Crippen LogP contribution in [0, 0.1) is 50.6 Å². The second kappa shape index (κ2) is 11.4. The SMILES string of the molecule is C#CN(c1ccccc1C#Cc1ccccc1N(C#C)S(=O)(=O)c1ccc(C)cc1)S(=O)(=O)c1ccc(C)cc1. The van der Waals surface area contributed by atoms with Crippen LogP contribution in [0.4, 0.5) is 11.4 Å². The Hall–Kier alpha value is -4.94. The molecule has 6 nitrogen and oxygen atoms in total. The van der Waals surface area contributed by atoms with E-state index in [9.17, 15) is 16.8 Å². The zero-order chi connectivity index (χ0) is 28.9. The summed E-state index contributed by atoms with van der Waals surface area (Å²) in [5, 5.41) is 0. The molecule has 0 bridgehead atoms. The molecular formula is C32H24N2O4S2. The van der Waals surface area contributed by atoms with Gasteiger partial charge in [-0.3, -0.25) is 0 Å². The number of terminal acetylenes is 2. The van der Waals surface area contributed by atoms with Crippen molar-refractivity contribution in [2.45, 2.75) is 23.6 Å². The molecule has 0 aromatic heterocycles. The summed E-state index contributed by atoms with van der Waals surface area (Å²) in [6, 6.07) is 30.3. The molecule has 0 spiro atoms. The van der Waals surface area contributed by atoms with E-state index in [-0.39, 0.29) is 21.2 Å². The molecule has 0 heterocycles. The summed E-state index contributed by atoms with van der Waals surface area (Å²) >= 11 is 0. The Kier molecular flexibility index (Phi) is 8.03. The Morgan fingerprint density at radius 3 is 1.18 bits per heavy atom. The zero-order valence-electron chi connectivity index (χ0n) is 21.7. The fourth-order valence-corrected chi connectivity index (χ4v) is 6.31. The summed E-state index contributed by atoms with van der Waals surface area (Å²) in [4.78, 5) is 0.0743. The number of hydrogen-bond acceptors (Lipinski definition) is 4. The first kappa shape index (κ1) is 28.1. The van der Waals surface area contributed by atoms with Gasteiger partial charge in [-0.15, -0.1) is 0 Å². The summed E-state index contributed by atoms with van der Waals surface area (Å²) in [6.07, 6.45) is 11.4. The highest BCUT2D eigenvalue weighted by Gasteiger charge is 2.26. The van der Waals surface area contributed by atoms with Gasteiger partial charge in [-0.05, 0) is 62.4 Å². The van der Waals surface area contributed by atoms with Gasteiger partial charge >= 0.3 is 0 Å². The molecule has 0 aliphatic carbocycles. The lowest BCUT2D eigenvalue weighted by molar-refractivity contribution is 0.595. The molecular weight excluding hydrogens is 540 g/mol. The number of hydrogen-bond donors (Lipinski definition) is 0. The third kappa shape index (κ3) is 5.58. The van der Waals surface area contributed by atoms with Crippen molar-refractivity contribution >= 4 is 31.4 Å². The van der Waals surface area contributed by atoms with Crippen LogP contribution < -0.4 is 8.61 Å². The summed E-state index contributed by atoms with van der Waals surface area (Å²) in [7, 11) is -8.18.